The first-order valence-electron chi connectivity index (χ1n) is 9.52. The molecule has 0 radical (unpaired) electrons. The highest BCUT2D eigenvalue weighted by molar-refractivity contribution is 8.93. The molecule has 2 aromatic rings. The summed E-state index contributed by atoms with van der Waals surface area (Å²) in [6.07, 6.45) is 0. The van der Waals surface area contributed by atoms with Gasteiger partial charge in [-0.15, -0.1) is 34.0 Å². The van der Waals surface area contributed by atoms with E-state index in [1.165, 1.54) is 11.1 Å². The number of rotatable bonds is 7. The molecule has 2 amide bonds. The first kappa shape index (κ1) is 27.6. The standard InChI is InChI=1S/C22H32N4O.2BrH/c1-16(2)20-10-8-7-9-19(20)15-23-11-12-26(22(27)25(5)6)21-14-17(3)13-18(4)24-21;;/h7-10,13-14,16,23H,11-12,15H2,1-6H3;2*1H. The van der Waals surface area contributed by atoms with Crippen LogP contribution in [0.25, 0.3) is 0 Å². The van der Waals surface area contributed by atoms with Crippen molar-refractivity contribution in [2.45, 2.75) is 40.2 Å². The van der Waals surface area contributed by atoms with E-state index in [0.717, 1.165) is 17.8 Å². The monoisotopic (exact) mass is 528 g/mol. The number of hydrogen-bond donors (Lipinski definition) is 1. The highest BCUT2D eigenvalue weighted by Gasteiger charge is 2.19. The van der Waals surface area contributed by atoms with Crippen LogP contribution in [0.5, 0.6) is 0 Å². The molecule has 0 bridgehead atoms. The topological polar surface area (TPSA) is 48.5 Å². The third-order valence-corrected chi connectivity index (χ3v) is 4.48. The number of urea groups is 1. The van der Waals surface area contributed by atoms with Crippen LogP contribution in [0.15, 0.2) is 36.4 Å². The molecule has 2 rings (SSSR count). The van der Waals surface area contributed by atoms with Crippen molar-refractivity contribution in [3.05, 3.63) is 58.8 Å². The van der Waals surface area contributed by atoms with E-state index in [1.54, 1.807) is 23.9 Å². The summed E-state index contributed by atoms with van der Waals surface area (Å²) in [5, 5.41) is 3.48. The molecule has 0 saturated carbocycles. The number of benzene rings is 1. The van der Waals surface area contributed by atoms with Crippen molar-refractivity contribution < 1.29 is 4.79 Å². The molecule has 0 atom stereocenters. The van der Waals surface area contributed by atoms with Crippen LogP contribution < -0.4 is 10.2 Å². The fraction of sp³-hybridized carbons (Fsp3) is 0.455. The molecule has 162 valence electrons. The zero-order valence-electron chi connectivity index (χ0n) is 18.2. The summed E-state index contributed by atoms with van der Waals surface area (Å²) in [7, 11) is 3.54. The van der Waals surface area contributed by atoms with Crippen molar-refractivity contribution in [1.82, 2.24) is 15.2 Å². The molecular formula is C22H34Br2N4O. The Morgan fingerprint density at radius 1 is 1.10 bits per heavy atom. The number of carbonyl (C=O) groups is 1. The number of carbonyl (C=O) groups excluding carboxylic acids is 1. The number of nitrogens with zero attached hydrogens (tertiary/aromatic N) is 3. The van der Waals surface area contributed by atoms with Crippen molar-refractivity contribution in [2.75, 3.05) is 32.1 Å². The van der Waals surface area contributed by atoms with Crippen LogP contribution in [0.4, 0.5) is 10.6 Å². The minimum absolute atomic E-state index is 0. The SMILES string of the molecule is Br.Br.Cc1cc(C)nc(N(CCNCc2ccccc2C(C)C)C(=O)N(C)C)c1. The molecule has 5 nitrogen and oxygen atoms in total. The Labute approximate surface area is 196 Å². The average molecular weight is 530 g/mol. The molecule has 0 fully saturated rings. The summed E-state index contributed by atoms with van der Waals surface area (Å²) in [6.45, 7) is 10.5. The Hall–Kier alpha value is -1.44. The summed E-state index contributed by atoms with van der Waals surface area (Å²) >= 11 is 0. The molecule has 0 saturated heterocycles. The maximum atomic E-state index is 12.7. The molecule has 0 unspecified atom stereocenters. The second-order valence-electron chi connectivity index (χ2n) is 7.50. The predicted molar refractivity (Wildman–Crippen MR) is 133 cm³/mol. The van der Waals surface area contributed by atoms with Gasteiger partial charge in [0.15, 0.2) is 0 Å². The lowest BCUT2D eigenvalue weighted by atomic mass is 9.97. The Morgan fingerprint density at radius 3 is 2.34 bits per heavy atom. The molecule has 7 heteroatoms. The minimum atomic E-state index is -0.0584. The van der Waals surface area contributed by atoms with Crippen LogP contribution >= 0.6 is 34.0 Å². The molecule has 1 N–H and O–H groups in total. The van der Waals surface area contributed by atoms with Crippen molar-refractivity contribution in [3.63, 3.8) is 0 Å². The molecule has 1 aromatic heterocycles. The number of hydrogen-bond acceptors (Lipinski definition) is 3. The van der Waals surface area contributed by atoms with Gasteiger partial charge < -0.3 is 10.2 Å². The second-order valence-corrected chi connectivity index (χ2v) is 7.50. The van der Waals surface area contributed by atoms with Crippen LogP contribution in [-0.4, -0.2) is 43.1 Å². The summed E-state index contributed by atoms with van der Waals surface area (Å²) < 4.78 is 0. The van der Waals surface area contributed by atoms with E-state index in [2.05, 4.69) is 48.4 Å². The number of pyridine rings is 1. The Morgan fingerprint density at radius 2 is 1.76 bits per heavy atom. The predicted octanol–water partition coefficient (Wildman–Crippen LogP) is 5.26. The van der Waals surface area contributed by atoms with Crippen molar-refractivity contribution in [2.24, 2.45) is 0 Å². The normalized spacial score (nSPS) is 10.2. The third kappa shape index (κ3) is 8.07. The third-order valence-electron chi connectivity index (χ3n) is 4.48. The molecule has 0 aliphatic rings. The molecular weight excluding hydrogens is 496 g/mol. The summed E-state index contributed by atoms with van der Waals surface area (Å²) in [6, 6.07) is 12.4. The van der Waals surface area contributed by atoms with Gasteiger partial charge in [-0.3, -0.25) is 4.90 Å². The fourth-order valence-corrected chi connectivity index (χ4v) is 3.18. The van der Waals surface area contributed by atoms with Crippen LogP contribution in [-0.2, 0) is 6.54 Å². The first-order chi connectivity index (χ1) is 12.8. The lowest BCUT2D eigenvalue weighted by molar-refractivity contribution is 0.223. The first-order valence-corrected chi connectivity index (χ1v) is 9.52. The zero-order valence-corrected chi connectivity index (χ0v) is 21.7. The molecule has 1 heterocycles. The van der Waals surface area contributed by atoms with Gasteiger partial charge in [-0.2, -0.15) is 0 Å². The molecule has 1 aromatic carbocycles. The van der Waals surface area contributed by atoms with Gasteiger partial charge in [-0.25, -0.2) is 9.78 Å². The lowest BCUT2D eigenvalue weighted by Crippen LogP contribution is -2.43. The lowest BCUT2D eigenvalue weighted by Gasteiger charge is -2.26. The number of anilines is 1. The fourth-order valence-electron chi connectivity index (χ4n) is 3.18. The largest absolute Gasteiger partial charge is 0.330 e. The van der Waals surface area contributed by atoms with E-state index in [4.69, 9.17) is 0 Å². The smallest absolute Gasteiger partial charge is 0.325 e. The zero-order chi connectivity index (χ0) is 20.0. The van der Waals surface area contributed by atoms with E-state index in [1.807, 2.05) is 26.0 Å². The van der Waals surface area contributed by atoms with Crippen LogP contribution in [0.2, 0.25) is 0 Å². The maximum absolute atomic E-state index is 12.7. The Balaban J connectivity index is 0.00000392. The van der Waals surface area contributed by atoms with Crippen molar-refractivity contribution in [3.8, 4) is 0 Å². The van der Waals surface area contributed by atoms with E-state index >= 15 is 0 Å². The molecule has 0 spiro atoms. The Bertz CT molecular complexity index is 761. The number of halogens is 2. The van der Waals surface area contributed by atoms with Gasteiger partial charge in [0.1, 0.15) is 5.82 Å². The molecule has 29 heavy (non-hydrogen) atoms. The second kappa shape index (κ2) is 13.0. The van der Waals surface area contributed by atoms with Crippen LogP contribution in [0, 0.1) is 13.8 Å². The van der Waals surface area contributed by atoms with Crippen molar-refractivity contribution >= 4 is 45.8 Å². The van der Waals surface area contributed by atoms with Crippen molar-refractivity contribution in [1.29, 1.82) is 0 Å². The number of nitrogens with one attached hydrogen (secondary N) is 1. The minimum Gasteiger partial charge on any atom is -0.330 e. The van der Waals surface area contributed by atoms with Gasteiger partial charge in [0, 0.05) is 39.4 Å². The molecule has 0 aliphatic heterocycles. The summed E-state index contributed by atoms with van der Waals surface area (Å²) in [4.78, 5) is 20.5. The average Bonchev–Trinajstić information content (AvgIpc) is 2.60. The summed E-state index contributed by atoms with van der Waals surface area (Å²) in [5.74, 6) is 1.20. The Kier molecular flexibility index (Phi) is 12.3. The number of aryl methyl sites for hydroxylation is 2. The molecule has 0 aliphatic carbocycles. The van der Waals surface area contributed by atoms with Crippen LogP contribution in [0.1, 0.15) is 42.1 Å². The van der Waals surface area contributed by atoms with E-state index in [0.29, 0.717) is 24.8 Å². The van der Waals surface area contributed by atoms with E-state index in [9.17, 15) is 4.79 Å². The number of aromatic nitrogens is 1. The summed E-state index contributed by atoms with van der Waals surface area (Å²) in [5.41, 5.74) is 4.69. The van der Waals surface area contributed by atoms with Gasteiger partial charge in [0.2, 0.25) is 0 Å². The number of amides is 2. The highest BCUT2D eigenvalue weighted by atomic mass is 79.9. The van der Waals surface area contributed by atoms with Gasteiger partial charge in [0.05, 0.1) is 0 Å². The van der Waals surface area contributed by atoms with E-state index in [-0.39, 0.29) is 40.0 Å². The van der Waals surface area contributed by atoms with Gasteiger partial charge in [-0.1, -0.05) is 38.1 Å². The highest BCUT2D eigenvalue weighted by Crippen LogP contribution is 2.19. The quantitative estimate of drug-likeness (QED) is 0.498. The van der Waals surface area contributed by atoms with Gasteiger partial charge in [0.25, 0.3) is 0 Å². The van der Waals surface area contributed by atoms with E-state index < -0.39 is 0 Å². The maximum Gasteiger partial charge on any atom is 0.325 e. The van der Waals surface area contributed by atoms with Gasteiger partial charge in [-0.05, 0) is 48.6 Å². The van der Waals surface area contributed by atoms with Gasteiger partial charge >= 0.3 is 6.03 Å². The van der Waals surface area contributed by atoms with Crippen LogP contribution in [0.3, 0.4) is 0 Å².